The summed E-state index contributed by atoms with van der Waals surface area (Å²) in [6.07, 6.45) is 0.921. The average Bonchev–Trinajstić information content (AvgIpc) is 2.87. The van der Waals surface area contributed by atoms with Gasteiger partial charge in [0.15, 0.2) is 5.78 Å². The van der Waals surface area contributed by atoms with Crippen molar-refractivity contribution in [3.63, 3.8) is 0 Å². The van der Waals surface area contributed by atoms with Crippen LogP contribution in [0.25, 0.3) is 21.9 Å². The predicted molar refractivity (Wildman–Crippen MR) is 136 cm³/mol. The lowest BCUT2D eigenvalue weighted by Gasteiger charge is -2.15. The molecule has 0 amide bonds. The van der Waals surface area contributed by atoms with Crippen molar-refractivity contribution in [2.24, 2.45) is 0 Å². The number of benzene rings is 4. The minimum atomic E-state index is -0.0457. The molecule has 0 N–H and O–H groups in total. The van der Waals surface area contributed by atoms with Gasteiger partial charge in [-0.3, -0.25) is 4.79 Å². The van der Waals surface area contributed by atoms with E-state index >= 15 is 0 Å². The highest BCUT2D eigenvalue weighted by Crippen LogP contribution is 2.35. The molecule has 4 nitrogen and oxygen atoms in total. The molecule has 0 heterocycles. The van der Waals surface area contributed by atoms with Crippen molar-refractivity contribution >= 4 is 32.5 Å². The number of ether oxygens (including phenoxy) is 3. The van der Waals surface area contributed by atoms with Gasteiger partial charge in [0.1, 0.15) is 17.2 Å². The van der Waals surface area contributed by atoms with E-state index in [0.29, 0.717) is 17.7 Å². The Labute approximate surface area is 202 Å². The summed E-state index contributed by atoms with van der Waals surface area (Å²) in [6.45, 7) is 0.629. The number of ketones is 1. The average molecular weight is 505 g/mol. The summed E-state index contributed by atoms with van der Waals surface area (Å²) in [5.41, 5.74) is 3.03. The Bertz CT molecular complexity index is 1260. The standard InChI is InChI=1S/C28H25BrO4/c1-31-23-6-3-5-20(17-23)25-13-9-21-18-24(32-2)12-14-26(21)27(25)28(30)19-7-10-22(11-8-19)33-16-4-15-29/h3,5-14,17-18H,4,15-16H2,1-2H3. The summed E-state index contributed by atoms with van der Waals surface area (Å²) in [7, 11) is 3.28. The molecule has 0 aromatic heterocycles. The number of hydrogen-bond donors (Lipinski definition) is 0. The molecule has 33 heavy (non-hydrogen) atoms. The van der Waals surface area contributed by atoms with Gasteiger partial charge in [-0.1, -0.05) is 40.2 Å². The van der Waals surface area contributed by atoms with Crippen LogP contribution in [0.3, 0.4) is 0 Å². The third-order valence-electron chi connectivity index (χ3n) is 5.50. The lowest BCUT2D eigenvalue weighted by atomic mass is 9.89. The molecule has 0 aliphatic carbocycles. The van der Waals surface area contributed by atoms with Crippen LogP contribution < -0.4 is 14.2 Å². The van der Waals surface area contributed by atoms with Crippen LogP contribution in [0, 0.1) is 0 Å². The van der Waals surface area contributed by atoms with Crippen LogP contribution in [0.5, 0.6) is 17.2 Å². The highest BCUT2D eigenvalue weighted by atomic mass is 79.9. The Morgan fingerprint density at radius 3 is 2.27 bits per heavy atom. The van der Waals surface area contributed by atoms with Crippen molar-refractivity contribution in [1.29, 1.82) is 0 Å². The second-order valence-electron chi connectivity index (χ2n) is 7.55. The van der Waals surface area contributed by atoms with E-state index in [0.717, 1.165) is 50.9 Å². The summed E-state index contributed by atoms with van der Waals surface area (Å²) in [5.74, 6) is 2.20. The summed E-state index contributed by atoms with van der Waals surface area (Å²) in [6, 6.07) is 24.9. The minimum Gasteiger partial charge on any atom is -0.497 e. The molecule has 0 aliphatic heterocycles. The van der Waals surface area contributed by atoms with Crippen molar-refractivity contribution in [1.82, 2.24) is 0 Å². The van der Waals surface area contributed by atoms with Crippen molar-refractivity contribution in [3.8, 4) is 28.4 Å². The van der Waals surface area contributed by atoms with Crippen LogP contribution in [-0.2, 0) is 0 Å². The first-order valence-corrected chi connectivity index (χ1v) is 11.9. The zero-order valence-corrected chi connectivity index (χ0v) is 20.2. The van der Waals surface area contributed by atoms with Gasteiger partial charge in [0.05, 0.1) is 20.8 Å². The van der Waals surface area contributed by atoms with E-state index in [-0.39, 0.29) is 5.78 Å². The van der Waals surface area contributed by atoms with Gasteiger partial charge in [-0.2, -0.15) is 0 Å². The van der Waals surface area contributed by atoms with Crippen LogP contribution in [-0.4, -0.2) is 31.9 Å². The Morgan fingerprint density at radius 1 is 0.818 bits per heavy atom. The molecule has 168 valence electrons. The third kappa shape index (κ3) is 5.04. The molecule has 4 rings (SSSR count). The number of halogens is 1. The first-order valence-electron chi connectivity index (χ1n) is 10.7. The van der Waals surface area contributed by atoms with E-state index < -0.39 is 0 Å². The molecule has 4 aromatic carbocycles. The molecular weight excluding hydrogens is 480 g/mol. The first-order chi connectivity index (χ1) is 16.1. The van der Waals surface area contributed by atoms with E-state index in [1.165, 1.54) is 0 Å². The van der Waals surface area contributed by atoms with E-state index in [9.17, 15) is 4.79 Å². The summed E-state index contributed by atoms with van der Waals surface area (Å²) in [5, 5.41) is 2.71. The fourth-order valence-electron chi connectivity index (χ4n) is 3.80. The molecule has 0 bridgehead atoms. The molecule has 0 radical (unpaired) electrons. The number of carbonyl (C=O) groups is 1. The Morgan fingerprint density at radius 2 is 1.55 bits per heavy atom. The van der Waals surface area contributed by atoms with E-state index in [2.05, 4.69) is 15.9 Å². The Balaban J connectivity index is 1.81. The van der Waals surface area contributed by atoms with Gasteiger partial charge in [0.25, 0.3) is 0 Å². The molecule has 5 heteroatoms. The zero-order valence-electron chi connectivity index (χ0n) is 18.6. The largest absolute Gasteiger partial charge is 0.497 e. The minimum absolute atomic E-state index is 0.0457. The van der Waals surface area contributed by atoms with Gasteiger partial charge >= 0.3 is 0 Å². The van der Waals surface area contributed by atoms with E-state index in [4.69, 9.17) is 14.2 Å². The zero-order chi connectivity index (χ0) is 23.2. The van der Waals surface area contributed by atoms with E-state index in [1.807, 2.05) is 78.9 Å². The predicted octanol–water partition coefficient (Wildman–Crippen LogP) is 6.92. The maximum Gasteiger partial charge on any atom is 0.194 e. The van der Waals surface area contributed by atoms with Gasteiger partial charge in [0.2, 0.25) is 0 Å². The highest BCUT2D eigenvalue weighted by molar-refractivity contribution is 9.09. The molecule has 0 saturated carbocycles. The lowest BCUT2D eigenvalue weighted by Crippen LogP contribution is -2.05. The summed E-state index contributed by atoms with van der Waals surface area (Å²) in [4.78, 5) is 13.8. The van der Waals surface area contributed by atoms with Gasteiger partial charge < -0.3 is 14.2 Å². The topological polar surface area (TPSA) is 44.8 Å². The summed E-state index contributed by atoms with van der Waals surface area (Å²) >= 11 is 3.40. The monoisotopic (exact) mass is 504 g/mol. The first kappa shape index (κ1) is 22.9. The molecule has 0 aliphatic rings. The molecule has 0 fully saturated rings. The molecule has 0 atom stereocenters. The van der Waals surface area contributed by atoms with Crippen molar-refractivity contribution in [2.45, 2.75) is 6.42 Å². The number of alkyl halides is 1. The number of fused-ring (bicyclic) bond motifs is 1. The fraction of sp³-hybridized carbons (Fsp3) is 0.179. The highest BCUT2D eigenvalue weighted by Gasteiger charge is 2.19. The maximum absolute atomic E-state index is 13.8. The second-order valence-corrected chi connectivity index (χ2v) is 8.34. The van der Waals surface area contributed by atoms with Crippen LogP contribution in [0.2, 0.25) is 0 Å². The van der Waals surface area contributed by atoms with Gasteiger partial charge in [-0.05, 0) is 82.9 Å². The third-order valence-corrected chi connectivity index (χ3v) is 6.06. The van der Waals surface area contributed by atoms with Crippen LogP contribution in [0.4, 0.5) is 0 Å². The summed E-state index contributed by atoms with van der Waals surface area (Å²) < 4.78 is 16.5. The molecule has 0 saturated heterocycles. The molecule has 4 aromatic rings. The van der Waals surface area contributed by atoms with E-state index in [1.54, 1.807) is 14.2 Å². The van der Waals surface area contributed by atoms with Crippen LogP contribution in [0.1, 0.15) is 22.3 Å². The van der Waals surface area contributed by atoms with Gasteiger partial charge in [-0.25, -0.2) is 0 Å². The van der Waals surface area contributed by atoms with Crippen molar-refractivity contribution in [2.75, 3.05) is 26.2 Å². The van der Waals surface area contributed by atoms with Gasteiger partial charge in [0, 0.05) is 16.5 Å². The van der Waals surface area contributed by atoms with Crippen LogP contribution >= 0.6 is 15.9 Å². The number of rotatable bonds is 9. The van der Waals surface area contributed by atoms with Crippen LogP contribution in [0.15, 0.2) is 78.9 Å². The Kier molecular flexibility index (Phi) is 7.30. The van der Waals surface area contributed by atoms with Gasteiger partial charge in [-0.15, -0.1) is 0 Å². The second kappa shape index (κ2) is 10.5. The number of hydrogen-bond acceptors (Lipinski definition) is 4. The maximum atomic E-state index is 13.8. The Hall–Kier alpha value is -3.31. The normalized spacial score (nSPS) is 10.8. The number of methoxy groups -OCH3 is 2. The molecule has 0 spiro atoms. The number of carbonyl (C=O) groups excluding carboxylic acids is 1. The van der Waals surface area contributed by atoms with Crippen molar-refractivity contribution < 1.29 is 19.0 Å². The molecule has 0 unspecified atom stereocenters. The fourth-order valence-corrected chi connectivity index (χ4v) is 4.03. The molecular formula is C28H25BrO4. The SMILES string of the molecule is COc1cccc(-c2ccc3cc(OC)ccc3c2C(=O)c2ccc(OCCCBr)cc2)c1. The lowest BCUT2D eigenvalue weighted by molar-refractivity contribution is 0.104. The smallest absolute Gasteiger partial charge is 0.194 e. The quantitative estimate of drug-likeness (QED) is 0.141. The van der Waals surface area contributed by atoms with Crippen molar-refractivity contribution in [3.05, 3.63) is 90.0 Å².